The van der Waals surface area contributed by atoms with Crippen molar-refractivity contribution in [3.8, 4) is 0 Å². The van der Waals surface area contributed by atoms with Crippen molar-refractivity contribution in [2.45, 2.75) is 13.8 Å². The van der Waals surface area contributed by atoms with Gasteiger partial charge in [0.1, 0.15) is 0 Å². The maximum Gasteiger partial charge on any atom is 0.337 e. The molecule has 4 nitrogen and oxygen atoms in total. The quantitative estimate of drug-likeness (QED) is 0.727. The van der Waals surface area contributed by atoms with Crippen LogP contribution in [0.2, 0.25) is 0 Å². The minimum Gasteiger partial charge on any atom is -0.478 e. The third kappa shape index (κ3) is 2.95. The highest BCUT2D eigenvalue weighted by Crippen LogP contribution is 2.15. The zero-order chi connectivity index (χ0) is 11.3. The second-order valence-electron chi connectivity index (χ2n) is 3.13. The number of rotatable bonds is 5. The average molecular weight is 208 g/mol. The zero-order valence-corrected chi connectivity index (χ0v) is 9.03. The summed E-state index contributed by atoms with van der Waals surface area (Å²) in [5.74, 6) is -0.912. The van der Waals surface area contributed by atoms with Crippen LogP contribution in [0.3, 0.4) is 0 Å². The molecule has 0 radical (unpaired) electrons. The highest BCUT2D eigenvalue weighted by atomic mass is 16.4. The van der Waals surface area contributed by atoms with Gasteiger partial charge in [0.2, 0.25) is 0 Å². The van der Waals surface area contributed by atoms with Gasteiger partial charge < -0.3 is 10.5 Å². The third-order valence-electron chi connectivity index (χ3n) is 2.20. The molecular weight excluding hydrogens is 192 g/mol. The first kappa shape index (κ1) is 11.5. The molecule has 15 heavy (non-hydrogen) atoms. The average Bonchev–Trinajstić information content (AvgIpc) is 2.26. The molecular formula is C11H16N2O2. The van der Waals surface area contributed by atoms with E-state index in [0.29, 0.717) is 11.3 Å². The first-order valence-electron chi connectivity index (χ1n) is 5.03. The molecule has 0 fully saturated rings. The van der Waals surface area contributed by atoms with E-state index in [4.69, 9.17) is 5.11 Å². The largest absolute Gasteiger partial charge is 0.478 e. The number of carbonyl (C=O) groups is 1. The molecule has 0 aliphatic heterocycles. The van der Waals surface area contributed by atoms with Gasteiger partial charge in [-0.2, -0.15) is 0 Å². The van der Waals surface area contributed by atoms with Crippen molar-refractivity contribution in [1.82, 2.24) is 5.01 Å². The number of benzene rings is 1. The lowest BCUT2D eigenvalue weighted by molar-refractivity contribution is 0.0697. The number of carboxylic acids is 1. The molecule has 0 saturated carbocycles. The Labute approximate surface area is 89.5 Å². The highest BCUT2D eigenvalue weighted by Gasteiger charge is 2.09. The first-order chi connectivity index (χ1) is 7.19. The van der Waals surface area contributed by atoms with Gasteiger partial charge in [-0.05, 0) is 12.1 Å². The minimum atomic E-state index is -0.912. The van der Waals surface area contributed by atoms with Crippen LogP contribution in [-0.2, 0) is 0 Å². The number of aromatic carboxylic acids is 1. The van der Waals surface area contributed by atoms with Crippen molar-refractivity contribution < 1.29 is 9.90 Å². The molecule has 0 atom stereocenters. The molecule has 0 saturated heterocycles. The smallest absolute Gasteiger partial charge is 0.337 e. The second kappa shape index (κ2) is 5.36. The van der Waals surface area contributed by atoms with Crippen LogP contribution in [0.5, 0.6) is 0 Å². The Hall–Kier alpha value is -1.55. The fourth-order valence-electron chi connectivity index (χ4n) is 1.32. The molecule has 0 bridgehead atoms. The first-order valence-corrected chi connectivity index (χ1v) is 5.03. The van der Waals surface area contributed by atoms with Gasteiger partial charge in [0, 0.05) is 13.1 Å². The number of nitrogens with one attached hydrogen (secondary N) is 1. The summed E-state index contributed by atoms with van der Waals surface area (Å²) in [4.78, 5) is 10.9. The van der Waals surface area contributed by atoms with Crippen LogP contribution in [0.25, 0.3) is 0 Å². The molecule has 1 aromatic carbocycles. The predicted octanol–water partition coefficient (Wildman–Crippen LogP) is 2.05. The Morgan fingerprint density at radius 2 is 1.93 bits per heavy atom. The zero-order valence-electron chi connectivity index (χ0n) is 9.03. The standard InChI is InChI=1S/C11H16N2O2/c1-3-13(4-2)12-10-8-6-5-7-9(10)11(14)15/h5-8,12H,3-4H2,1-2H3,(H,14,15). The lowest BCUT2D eigenvalue weighted by atomic mass is 10.2. The Bertz CT molecular complexity index is 335. The van der Waals surface area contributed by atoms with E-state index in [0.717, 1.165) is 13.1 Å². The van der Waals surface area contributed by atoms with E-state index in [2.05, 4.69) is 5.43 Å². The van der Waals surface area contributed by atoms with Gasteiger partial charge in [-0.1, -0.05) is 26.0 Å². The van der Waals surface area contributed by atoms with E-state index in [1.807, 2.05) is 24.9 Å². The van der Waals surface area contributed by atoms with Gasteiger partial charge in [0.15, 0.2) is 0 Å². The maximum atomic E-state index is 10.9. The van der Waals surface area contributed by atoms with E-state index >= 15 is 0 Å². The number of hydrogen-bond acceptors (Lipinski definition) is 3. The summed E-state index contributed by atoms with van der Waals surface area (Å²) in [6, 6.07) is 6.89. The van der Waals surface area contributed by atoms with Crippen molar-refractivity contribution >= 4 is 11.7 Å². The number of carboxylic acid groups (broad SMARTS) is 1. The van der Waals surface area contributed by atoms with Gasteiger partial charge in [0.25, 0.3) is 0 Å². The molecule has 0 unspecified atom stereocenters. The molecule has 2 N–H and O–H groups in total. The highest BCUT2D eigenvalue weighted by molar-refractivity contribution is 5.94. The van der Waals surface area contributed by atoms with Crippen molar-refractivity contribution in [2.75, 3.05) is 18.5 Å². The molecule has 0 heterocycles. The van der Waals surface area contributed by atoms with Crippen LogP contribution in [0.15, 0.2) is 24.3 Å². The van der Waals surface area contributed by atoms with Crippen LogP contribution in [-0.4, -0.2) is 29.2 Å². The Balaban J connectivity index is 2.88. The molecule has 0 aromatic heterocycles. The predicted molar refractivity (Wildman–Crippen MR) is 59.9 cm³/mol. The maximum absolute atomic E-state index is 10.9. The molecule has 1 aromatic rings. The Morgan fingerprint density at radius 1 is 1.33 bits per heavy atom. The number of para-hydroxylation sites is 1. The van der Waals surface area contributed by atoms with Crippen molar-refractivity contribution in [1.29, 1.82) is 0 Å². The van der Waals surface area contributed by atoms with Gasteiger partial charge in [-0.15, -0.1) is 0 Å². The van der Waals surface area contributed by atoms with Gasteiger partial charge in [-0.25, -0.2) is 9.80 Å². The second-order valence-corrected chi connectivity index (χ2v) is 3.13. The lowest BCUT2D eigenvalue weighted by Crippen LogP contribution is -2.30. The van der Waals surface area contributed by atoms with Crippen LogP contribution in [0.1, 0.15) is 24.2 Å². The Kier molecular flexibility index (Phi) is 4.12. The summed E-state index contributed by atoms with van der Waals surface area (Å²) >= 11 is 0. The van der Waals surface area contributed by atoms with Crippen LogP contribution < -0.4 is 5.43 Å². The molecule has 0 spiro atoms. The normalized spacial score (nSPS) is 10.3. The number of hydrogen-bond donors (Lipinski definition) is 2. The van der Waals surface area contributed by atoms with Crippen LogP contribution >= 0.6 is 0 Å². The number of hydrazine groups is 1. The monoisotopic (exact) mass is 208 g/mol. The van der Waals surface area contributed by atoms with Gasteiger partial charge in [-0.3, -0.25) is 0 Å². The third-order valence-corrected chi connectivity index (χ3v) is 2.20. The molecule has 0 aliphatic rings. The van der Waals surface area contributed by atoms with E-state index in [1.165, 1.54) is 0 Å². The summed E-state index contributed by atoms with van der Waals surface area (Å²) in [7, 11) is 0. The number of nitrogens with zero attached hydrogens (tertiary/aromatic N) is 1. The van der Waals surface area contributed by atoms with Gasteiger partial charge in [0.05, 0.1) is 11.3 Å². The van der Waals surface area contributed by atoms with E-state index in [9.17, 15) is 4.79 Å². The topological polar surface area (TPSA) is 52.6 Å². The van der Waals surface area contributed by atoms with E-state index < -0.39 is 5.97 Å². The molecule has 0 aliphatic carbocycles. The van der Waals surface area contributed by atoms with Crippen molar-refractivity contribution in [2.24, 2.45) is 0 Å². The molecule has 4 heteroatoms. The molecule has 1 rings (SSSR count). The molecule has 82 valence electrons. The summed E-state index contributed by atoms with van der Waals surface area (Å²) in [5, 5.41) is 10.9. The lowest BCUT2D eigenvalue weighted by Gasteiger charge is -2.21. The summed E-state index contributed by atoms with van der Waals surface area (Å²) in [6.07, 6.45) is 0. The van der Waals surface area contributed by atoms with Crippen LogP contribution in [0, 0.1) is 0 Å². The van der Waals surface area contributed by atoms with E-state index in [-0.39, 0.29) is 0 Å². The fourth-order valence-corrected chi connectivity index (χ4v) is 1.32. The van der Waals surface area contributed by atoms with Crippen LogP contribution in [0.4, 0.5) is 5.69 Å². The number of anilines is 1. The summed E-state index contributed by atoms with van der Waals surface area (Å²) < 4.78 is 0. The fraction of sp³-hybridized carbons (Fsp3) is 0.364. The molecule has 0 amide bonds. The minimum absolute atomic E-state index is 0.296. The Morgan fingerprint density at radius 3 is 2.47 bits per heavy atom. The summed E-state index contributed by atoms with van der Waals surface area (Å²) in [5.41, 5.74) is 4.01. The summed E-state index contributed by atoms with van der Waals surface area (Å²) in [6.45, 7) is 5.68. The van der Waals surface area contributed by atoms with E-state index in [1.54, 1.807) is 18.2 Å². The SMILES string of the molecule is CCN(CC)Nc1ccccc1C(=O)O. The van der Waals surface area contributed by atoms with Gasteiger partial charge >= 0.3 is 5.97 Å². The van der Waals surface area contributed by atoms with Crippen molar-refractivity contribution in [3.63, 3.8) is 0 Å². The van der Waals surface area contributed by atoms with Crippen molar-refractivity contribution in [3.05, 3.63) is 29.8 Å².